The van der Waals surface area contributed by atoms with E-state index in [2.05, 4.69) is 153 Å². The number of amides is 1. The van der Waals surface area contributed by atoms with Gasteiger partial charge in [0.1, 0.15) is 24.4 Å². The van der Waals surface area contributed by atoms with Crippen LogP contribution in [-0.4, -0.2) is 87.5 Å². The molecule has 7 unspecified atom stereocenters. The van der Waals surface area contributed by atoms with Crippen molar-refractivity contribution in [1.29, 1.82) is 0 Å². The summed E-state index contributed by atoms with van der Waals surface area (Å²) in [4.78, 5) is 13.0. The summed E-state index contributed by atoms with van der Waals surface area (Å²) in [5.74, 6) is -0.182. The summed E-state index contributed by atoms with van der Waals surface area (Å²) >= 11 is 0. The summed E-state index contributed by atoms with van der Waals surface area (Å²) in [6.45, 7) is 3.68. The Kier molecular flexibility index (Phi) is 47.8. The molecule has 0 aromatic carbocycles. The van der Waals surface area contributed by atoms with E-state index in [1.54, 1.807) is 0 Å². The first-order chi connectivity index (χ1) is 35.8. The van der Waals surface area contributed by atoms with Crippen LogP contribution in [0.1, 0.15) is 206 Å². The van der Waals surface area contributed by atoms with Gasteiger partial charge in [0.05, 0.1) is 25.4 Å². The summed E-state index contributed by atoms with van der Waals surface area (Å²) in [5.41, 5.74) is 0. The number of ether oxygens (including phenoxy) is 2. The number of nitrogens with one attached hydrogen (secondary N) is 1. The van der Waals surface area contributed by atoms with Crippen LogP contribution in [0.5, 0.6) is 0 Å². The Labute approximate surface area is 445 Å². The maximum atomic E-state index is 13.0. The number of hydrogen-bond donors (Lipinski definition) is 6. The molecule has 73 heavy (non-hydrogen) atoms. The third-order valence-corrected chi connectivity index (χ3v) is 12.8. The second-order valence-electron chi connectivity index (χ2n) is 19.4. The normalized spacial score (nSPS) is 20.1. The number of rotatable bonds is 47. The molecule has 1 saturated heterocycles. The van der Waals surface area contributed by atoms with Crippen molar-refractivity contribution in [2.24, 2.45) is 0 Å². The van der Waals surface area contributed by atoms with Gasteiger partial charge in [-0.05, 0) is 96.3 Å². The van der Waals surface area contributed by atoms with Gasteiger partial charge < -0.3 is 40.3 Å². The zero-order valence-corrected chi connectivity index (χ0v) is 45.8. The van der Waals surface area contributed by atoms with E-state index in [1.807, 2.05) is 0 Å². The fourth-order valence-corrected chi connectivity index (χ4v) is 8.22. The van der Waals surface area contributed by atoms with E-state index in [9.17, 15) is 30.3 Å². The van der Waals surface area contributed by atoms with Crippen LogP contribution in [0, 0.1) is 0 Å². The third kappa shape index (κ3) is 41.3. The molecule has 1 heterocycles. The van der Waals surface area contributed by atoms with E-state index in [0.29, 0.717) is 12.8 Å². The SMILES string of the molecule is CC/C=C\C/C=C\C/C=C\C/C=C\C/C=C\C/C=C\C/C=C\C/C=C\C/C=C\C/C=C\C/C=C\CCCCCC(=O)NC(COC1OC(CO)C(O)C(O)C1O)C(O)CCCCCCCCCCCCCCC. The molecule has 0 aliphatic carbocycles. The molecule has 0 aromatic rings. The quantitative estimate of drug-likeness (QED) is 0.0261. The molecule has 1 fully saturated rings. The van der Waals surface area contributed by atoms with Gasteiger partial charge in [0.25, 0.3) is 0 Å². The molecule has 1 aliphatic heterocycles. The summed E-state index contributed by atoms with van der Waals surface area (Å²) in [7, 11) is 0. The molecule has 1 rings (SSSR count). The van der Waals surface area contributed by atoms with Crippen molar-refractivity contribution < 1.29 is 39.8 Å². The fourth-order valence-electron chi connectivity index (χ4n) is 8.22. The molecule has 1 aliphatic rings. The smallest absolute Gasteiger partial charge is 0.220 e. The van der Waals surface area contributed by atoms with Crippen LogP contribution in [-0.2, 0) is 14.3 Å². The second-order valence-corrected chi connectivity index (χ2v) is 19.4. The van der Waals surface area contributed by atoms with Gasteiger partial charge >= 0.3 is 0 Å². The minimum Gasteiger partial charge on any atom is -0.394 e. The molecule has 9 nitrogen and oxygen atoms in total. The van der Waals surface area contributed by atoms with Crippen LogP contribution < -0.4 is 5.32 Å². The lowest BCUT2D eigenvalue weighted by molar-refractivity contribution is -0.302. The molecule has 0 bridgehead atoms. The molecular formula is C64H105NO8. The standard InChI is InChI=1S/C64H105NO8/c1-3-5-7-9-11-13-15-17-18-19-20-21-22-23-24-25-26-27-28-29-30-31-32-33-34-35-36-37-38-39-40-42-44-46-48-50-52-54-60(68)65-57(56-72-64-63(71)62(70)61(69)59(55-66)73-64)58(67)53-51-49-47-45-43-41-16-14-12-10-8-6-4-2/h5,7,11,13,17-18,20-21,23-24,26-27,29-30,32-33,35-36,38-39,42,44,57-59,61-64,66-67,69-71H,3-4,6,8-10,12,14-16,19,22,25,28,31,34,37,40-41,43,45-56H2,1-2H3,(H,65,68)/b7-5-,13-11-,18-17-,21-20-,24-23-,27-26-,30-29-,33-32-,36-35-,39-38-,44-42-. The van der Waals surface area contributed by atoms with Gasteiger partial charge in [0.2, 0.25) is 5.91 Å². The van der Waals surface area contributed by atoms with Gasteiger partial charge in [-0.1, -0.05) is 237 Å². The van der Waals surface area contributed by atoms with E-state index in [4.69, 9.17) is 9.47 Å². The lowest BCUT2D eigenvalue weighted by atomic mass is 9.99. The highest BCUT2D eigenvalue weighted by molar-refractivity contribution is 5.76. The van der Waals surface area contributed by atoms with Crippen molar-refractivity contribution in [2.45, 2.75) is 249 Å². The Morgan fingerprint density at radius 3 is 1.25 bits per heavy atom. The van der Waals surface area contributed by atoms with Crippen molar-refractivity contribution in [3.05, 3.63) is 134 Å². The molecule has 0 spiro atoms. The summed E-state index contributed by atoms with van der Waals surface area (Å²) in [6, 6.07) is -0.746. The van der Waals surface area contributed by atoms with Crippen molar-refractivity contribution in [3.8, 4) is 0 Å². The van der Waals surface area contributed by atoms with E-state index in [-0.39, 0.29) is 12.5 Å². The Hall–Kier alpha value is -3.67. The molecular weight excluding hydrogens is 911 g/mol. The van der Waals surface area contributed by atoms with Crippen LogP contribution >= 0.6 is 0 Å². The van der Waals surface area contributed by atoms with Gasteiger partial charge in [0.15, 0.2) is 6.29 Å². The Morgan fingerprint density at radius 2 is 0.849 bits per heavy atom. The minimum atomic E-state index is -1.57. The zero-order chi connectivity index (χ0) is 52.9. The molecule has 6 N–H and O–H groups in total. The zero-order valence-electron chi connectivity index (χ0n) is 45.8. The summed E-state index contributed by atoms with van der Waals surface area (Å²) in [5, 5.41) is 54.5. The lowest BCUT2D eigenvalue weighted by Gasteiger charge is -2.40. The molecule has 414 valence electrons. The third-order valence-electron chi connectivity index (χ3n) is 12.8. The highest BCUT2D eigenvalue weighted by Crippen LogP contribution is 2.23. The number of allylic oxidation sites excluding steroid dienone is 22. The van der Waals surface area contributed by atoms with Crippen molar-refractivity contribution in [2.75, 3.05) is 13.2 Å². The number of aliphatic hydroxyl groups is 5. The monoisotopic (exact) mass is 1020 g/mol. The first kappa shape index (κ1) is 67.3. The number of hydrogen-bond acceptors (Lipinski definition) is 8. The maximum absolute atomic E-state index is 13.0. The predicted molar refractivity (Wildman–Crippen MR) is 308 cm³/mol. The lowest BCUT2D eigenvalue weighted by Crippen LogP contribution is -2.60. The van der Waals surface area contributed by atoms with Crippen LogP contribution in [0.4, 0.5) is 0 Å². The van der Waals surface area contributed by atoms with Crippen LogP contribution in [0.25, 0.3) is 0 Å². The first-order valence-corrected chi connectivity index (χ1v) is 28.9. The Bertz CT molecular complexity index is 1600. The highest BCUT2D eigenvalue weighted by atomic mass is 16.7. The van der Waals surface area contributed by atoms with Crippen molar-refractivity contribution in [3.63, 3.8) is 0 Å². The molecule has 1 amide bonds. The van der Waals surface area contributed by atoms with Crippen molar-refractivity contribution in [1.82, 2.24) is 5.32 Å². The Morgan fingerprint density at radius 1 is 0.479 bits per heavy atom. The van der Waals surface area contributed by atoms with Gasteiger partial charge in [-0.2, -0.15) is 0 Å². The number of carbonyl (C=O) groups is 1. The van der Waals surface area contributed by atoms with E-state index in [1.165, 1.54) is 64.2 Å². The van der Waals surface area contributed by atoms with E-state index < -0.39 is 49.5 Å². The van der Waals surface area contributed by atoms with Gasteiger partial charge in [-0.25, -0.2) is 0 Å². The van der Waals surface area contributed by atoms with Crippen LogP contribution in [0.2, 0.25) is 0 Å². The van der Waals surface area contributed by atoms with Gasteiger partial charge in [-0.3, -0.25) is 4.79 Å². The van der Waals surface area contributed by atoms with Crippen molar-refractivity contribution >= 4 is 5.91 Å². The topological polar surface area (TPSA) is 149 Å². The van der Waals surface area contributed by atoms with Crippen LogP contribution in [0.15, 0.2) is 134 Å². The Balaban J connectivity index is 2.21. The number of carbonyl (C=O) groups excluding carboxylic acids is 1. The first-order valence-electron chi connectivity index (χ1n) is 28.9. The highest BCUT2D eigenvalue weighted by Gasteiger charge is 2.44. The van der Waals surface area contributed by atoms with Gasteiger partial charge in [0, 0.05) is 6.42 Å². The summed E-state index contributed by atoms with van der Waals surface area (Å²) < 4.78 is 11.3. The largest absolute Gasteiger partial charge is 0.394 e. The molecule has 9 heteroatoms. The molecule has 0 radical (unpaired) electrons. The van der Waals surface area contributed by atoms with E-state index in [0.717, 1.165) is 116 Å². The van der Waals surface area contributed by atoms with Gasteiger partial charge in [-0.15, -0.1) is 0 Å². The van der Waals surface area contributed by atoms with E-state index >= 15 is 0 Å². The molecule has 0 aromatic heterocycles. The predicted octanol–water partition coefficient (Wildman–Crippen LogP) is 14.5. The number of unbranched alkanes of at least 4 members (excludes halogenated alkanes) is 15. The molecule has 0 saturated carbocycles. The maximum Gasteiger partial charge on any atom is 0.220 e. The fraction of sp³-hybridized carbons (Fsp3) is 0.641. The second kappa shape index (κ2) is 51.8. The minimum absolute atomic E-state index is 0.160. The molecule has 7 atom stereocenters. The van der Waals surface area contributed by atoms with Crippen LogP contribution in [0.3, 0.4) is 0 Å². The summed E-state index contributed by atoms with van der Waals surface area (Å²) in [6.07, 6.45) is 71.9. The number of aliphatic hydroxyl groups excluding tert-OH is 5. The average molecular weight is 1020 g/mol. The average Bonchev–Trinajstić information content (AvgIpc) is 3.39.